The van der Waals surface area contributed by atoms with E-state index in [4.69, 9.17) is 4.74 Å². The van der Waals surface area contributed by atoms with Gasteiger partial charge in [-0.15, -0.1) is 0 Å². The number of rotatable bonds is 6. The predicted octanol–water partition coefficient (Wildman–Crippen LogP) is 2.02. The van der Waals surface area contributed by atoms with Crippen LogP contribution in [-0.2, 0) is 14.3 Å². The molecule has 0 atom stereocenters. The zero-order valence-corrected chi connectivity index (χ0v) is 15.6. The van der Waals surface area contributed by atoms with E-state index in [0.717, 1.165) is 45.7 Å². The molecule has 2 N–H and O–H groups in total. The summed E-state index contributed by atoms with van der Waals surface area (Å²) in [6, 6.07) is 5.77. The van der Waals surface area contributed by atoms with Crippen LogP contribution in [0.5, 0.6) is 0 Å². The second-order valence-corrected chi connectivity index (χ2v) is 7.29. The van der Waals surface area contributed by atoms with Gasteiger partial charge in [0, 0.05) is 43.7 Å². The summed E-state index contributed by atoms with van der Waals surface area (Å²) in [5, 5.41) is 5.86. The average Bonchev–Trinajstić information content (AvgIpc) is 2.70. The Labute approximate surface area is 159 Å². The lowest BCUT2D eigenvalue weighted by Crippen LogP contribution is -2.43. The van der Waals surface area contributed by atoms with Gasteiger partial charge in [0.05, 0.1) is 13.2 Å². The smallest absolute Gasteiger partial charge is 0.227 e. The molecule has 7 heteroatoms. The van der Waals surface area contributed by atoms with E-state index in [9.17, 15) is 14.0 Å². The summed E-state index contributed by atoms with van der Waals surface area (Å²) in [4.78, 5) is 27.0. The van der Waals surface area contributed by atoms with Crippen molar-refractivity contribution in [3.05, 3.63) is 30.1 Å². The molecule has 6 nitrogen and oxygen atoms in total. The molecule has 0 aromatic heterocycles. The molecule has 1 aromatic rings. The Balaban J connectivity index is 1.35. The lowest BCUT2D eigenvalue weighted by Gasteiger charge is -2.28. The number of carbonyl (C=O) groups excluding carboxylic acids is 2. The summed E-state index contributed by atoms with van der Waals surface area (Å²) in [6.07, 6.45) is 2.86. The number of benzene rings is 1. The first-order valence-corrected chi connectivity index (χ1v) is 9.76. The van der Waals surface area contributed by atoms with Gasteiger partial charge in [0.1, 0.15) is 5.82 Å². The fourth-order valence-corrected chi connectivity index (χ4v) is 3.70. The fraction of sp³-hybridized carbons (Fsp3) is 0.600. The predicted molar refractivity (Wildman–Crippen MR) is 101 cm³/mol. The van der Waals surface area contributed by atoms with E-state index >= 15 is 0 Å². The Bertz CT molecular complexity index is 624. The van der Waals surface area contributed by atoms with Crippen molar-refractivity contribution in [2.75, 3.05) is 44.7 Å². The number of halogens is 1. The quantitative estimate of drug-likeness (QED) is 0.796. The largest absolute Gasteiger partial charge is 0.379 e. The zero-order valence-electron chi connectivity index (χ0n) is 15.6. The summed E-state index contributed by atoms with van der Waals surface area (Å²) in [5.41, 5.74) is 0.601. The molecule has 1 aliphatic carbocycles. The van der Waals surface area contributed by atoms with E-state index < -0.39 is 0 Å². The van der Waals surface area contributed by atoms with Gasteiger partial charge >= 0.3 is 0 Å². The maximum atomic E-state index is 12.9. The second-order valence-electron chi connectivity index (χ2n) is 7.29. The zero-order chi connectivity index (χ0) is 19.1. The minimum Gasteiger partial charge on any atom is -0.379 e. The highest BCUT2D eigenvalue weighted by molar-refractivity contribution is 5.92. The SMILES string of the molecule is O=C(NCCN1CCOCC1)C1CCC(C(=O)Nc2ccc(F)cc2)CC1. The van der Waals surface area contributed by atoms with Crippen LogP contribution in [0.25, 0.3) is 0 Å². The van der Waals surface area contributed by atoms with Crippen molar-refractivity contribution >= 4 is 17.5 Å². The molecule has 3 rings (SSSR count). The van der Waals surface area contributed by atoms with Crippen LogP contribution in [0.2, 0.25) is 0 Å². The monoisotopic (exact) mass is 377 g/mol. The van der Waals surface area contributed by atoms with Gasteiger partial charge in [-0.25, -0.2) is 4.39 Å². The summed E-state index contributed by atoms with van der Waals surface area (Å²) < 4.78 is 18.2. The molecule has 0 spiro atoms. The van der Waals surface area contributed by atoms with Crippen molar-refractivity contribution < 1.29 is 18.7 Å². The molecule has 1 aliphatic heterocycles. The third kappa shape index (κ3) is 6.01. The van der Waals surface area contributed by atoms with E-state index in [0.29, 0.717) is 25.1 Å². The van der Waals surface area contributed by atoms with Gasteiger partial charge in [-0.05, 0) is 49.9 Å². The fourth-order valence-electron chi connectivity index (χ4n) is 3.70. The van der Waals surface area contributed by atoms with Crippen LogP contribution in [0.15, 0.2) is 24.3 Å². The first kappa shape index (κ1) is 19.8. The Hall–Kier alpha value is -1.99. The molecule has 0 radical (unpaired) electrons. The topological polar surface area (TPSA) is 70.7 Å². The first-order valence-electron chi connectivity index (χ1n) is 9.76. The second kappa shape index (κ2) is 9.80. The molecular formula is C20H28FN3O3. The lowest BCUT2D eigenvalue weighted by atomic mass is 9.81. The van der Waals surface area contributed by atoms with E-state index in [1.807, 2.05) is 0 Å². The molecule has 1 aromatic carbocycles. The molecule has 2 fully saturated rings. The van der Waals surface area contributed by atoms with Crippen LogP contribution < -0.4 is 10.6 Å². The van der Waals surface area contributed by atoms with Crippen molar-refractivity contribution in [3.8, 4) is 0 Å². The van der Waals surface area contributed by atoms with Crippen LogP contribution in [0.3, 0.4) is 0 Å². The molecule has 2 amide bonds. The van der Waals surface area contributed by atoms with E-state index in [1.54, 1.807) is 12.1 Å². The summed E-state index contributed by atoms with van der Waals surface area (Å²) in [7, 11) is 0. The van der Waals surface area contributed by atoms with Crippen LogP contribution in [0.1, 0.15) is 25.7 Å². The highest BCUT2D eigenvalue weighted by Gasteiger charge is 2.29. The highest BCUT2D eigenvalue weighted by Crippen LogP contribution is 2.29. The van der Waals surface area contributed by atoms with Gasteiger partial charge in [-0.3, -0.25) is 14.5 Å². The summed E-state index contributed by atoms with van der Waals surface area (Å²) >= 11 is 0. The molecule has 1 heterocycles. The molecule has 1 saturated heterocycles. The minimum atomic E-state index is -0.326. The van der Waals surface area contributed by atoms with Gasteiger partial charge in [-0.1, -0.05) is 0 Å². The minimum absolute atomic E-state index is 0.00967. The number of amides is 2. The highest BCUT2D eigenvalue weighted by atomic mass is 19.1. The van der Waals surface area contributed by atoms with Gasteiger partial charge in [-0.2, -0.15) is 0 Å². The van der Waals surface area contributed by atoms with Crippen LogP contribution in [-0.4, -0.2) is 56.1 Å². The van der Waals surface area contributed by atoms with Crippen molar-refractivity contribution in [1.82, 2.24) is 10.2 Å². The number of morpholine rings is 1. The van der Waals surface area contributed by atoms with E-state index in [-0.39, 0.29) is 29.5 Å². The average molecular weight is 377 g/mol. The Morgan fingerprint density at radius 3 is 2.22 bits per heavy atom. The van der Waals surface area contributed by atoms with Crippen LogP contribution >= 0.6 is 0 Å². The molecule has 0 unspecified atom stereocenters. The van der Waals surface area contributed by atoms with Crippen molar-refractivity contribution in [3.63, 3.8) is 0 Å². The number of carbonyl (C=O) groups is 2. The third-order valence-corrected chi connectivity index (χ3v) is 5.41. The van der Waals surface area contributed by atoms with Gasteiger partial charge in [0.2, 0.25) is 11.8 Å². The number of ether oxygens (including phenoxy) is 1. The molecule has 27 heavy (non-hydrogen) atoms. The molecule has 2 aliphatic rings. The van der Waals surface area contributed by atoms with Crippen molar-refractivity contribution in [2.45, 2.75) is 25.7 Å². The van der Waals surface area contributed by atoms with Gasteiger partial charge in [0.15, 0.2) is 0 Å². The summed E-state index contributed by atoms with van der Waals surface area (Å²) in [5.74, 6) is -0.376. The molecule has 0 bridgehead atoms. The third-order valence-electron chi connectivity index (χ3n) is 5.41. The van der Waals surface area contributed by atoms with Crippen LogP contribution in [0, 0.1) is 17.7 Å². The normalized spacial score (nSPS) is 23.6. The number of anilines is 1. The maximum Gasteiger partial charge on any atom is 0.227 e. The Morgan fingerprint density at radius 2 is 1.59 bits per heavy atom. The maximum absolute atomic E-state index is 12.9. The van der Waals surface area contributed by atoms with E-state index in [1.165, 1.54) is 12.1 Å². The van der Waals surface area contributed by atoms with Crippen molar-refractivity contribution in [1.29, 1.82) is 0 Å². The number of hydrogen-bond donors (Lipinski definition) is 2. The van der Waals surface area contributed by atoms with Gasteiger partial charge < -0.3 is 15.4 Å². The molecular weight excluding hydrogens is 349 g/mol. The summed E-state index contributed by atoms with van der Waals surface area (Å²) in [6.45, 7) is 4.87. The molecule has 148 valence electrons. The van der Waals surface area contributed by atoms with Crippen LogP contribution in [0.4, 0.5) is 10.1 Å². The lowest BCUT2D eigenvalue weighted by molar-refractivity contribution is -0.128. The van der Waals surface area contributed by atoms with Crippen molar-refractivity contribution in [2.24, 2.45) is 11.8 Å². The van der Waals surface area contributed by atoms with Gasteiger partial charge in [0.25, 0.3) is 0 Å². The number of hydrogen-bond acceptors (Lipinski definition) is 4. The number of nitrogens with one attached hydrogen (secondary N) is 2. The molecule has 1 saturated carbocycles. The van der Waals surface area contributed by atoms with E-state index in [2.05, 4.69) is 15.5 Å². The Kier molecular flexibility index (Phi) is 7.18. The standard InChI is InChI=1S/C20H28FN3O3/c21-17-5-7-18(8-6-17)23-20(26)16-3-1-15(2-4-16)19(25)22-9-10-24-11-13-27-14-12-24/h5-8,15-16H,1-4,9-14H2,(H,22,25)(H,23,26). The Morgan fingerprint density at radius 1 is 1.00 bits per heavy atom. The number of nitrogens with zero attached hydrogens (tertiary/aromatic N) is 1. The first-order chi connectivity index (χ1) is 13.1.